The molecule has 0 unspecified atom stereocenters. The molecule has 0 saturated heterocycles. The van der Waals surface area contributed by atoms with Crippen LogP contribution in [-0.4, -0.2) is 19.3 Å². The molecule has 2 fully saturated rings. The van der Waals surface area contributed by atoms with Crippen LogP contribution in [0.2, 0.25) is 0 Å². The van der Waals surface area contributed by atoms with E-state index in [0.29, 0.717) is 0 Å². The fraction of sp³-hybridized carbons (Fsp3) is 0.632. The highest BCUT2D eigenvalue weighted by atomic mass is 16.5. The summed E-state index contributed by atoms with van der Waals surface area (Å²) in [6, 6.07) is 8.76. The molecule has 3 rings (SSSR count). The molecule has 0 spiro atoms. The summed E-state index contributed by atoms with van der Waals surface area (Å²) in [5, 5.41) is 9.82. The van der Waals surface area contributed by atoms with Gasteiger partial charge in [-0.05, 0) is 69.1 Å². The first-order chi connectivity index (χ1) is 11.2. The van der Waals surface area contributed by atoms with E-state index in [1.165, 1.54) is 12.8 Å². The van der Waals surface area contributed by atoms with Crippen LogP contribution in [0.3, 0.4) is 0 Å². The third-order valence-electron chi connectivity index (χ3n) is 5.41. The minimum atomic E-state index is -0.435. The van der Waals surface area contributed by atoms with Crippen molar-refractivity contribution in [1.82, 2.24) is 0 Å². The fourth-order valence-corrected chi connectivity index (χ4v) is 3.85. The number of hydrogen-bond donors (Lipinski definition) is 1. The van der Waals surface area contributed by atoms with E-state index in [4.69, 9.17) is 15.2 Å². The van der Waals surface area contributed by atoms with Crippen molar-refractivity contribution in [2.45, 2.75) is 68.9 Å². The minimum Gasteiger partial charge on any atom is -0.493 e. The maximum atomic E-state index is 9.82. The Morgan fingerprint density at radius 2 is 1.83 bits per heavy atom. The first-order valence-electron chi connectivity index (χ1n) is 8.69. The summed E-state index contributed by atoms with van der Waals surface area (Å²) in [5.41, 5.74) is 6.63. The molecule has 1 aromatic carbocycles. The quantitative estimate of drug-likeness (QED) is 0.920. The van der Waals surface area contributed by atoms with E-state index in [2.05, 4.69) is 6.07 Å². The molecule has 0 atom stereocenters. The summed E-state index contributed by atoms with van der Waals surface area (Å²) in [6.07, 6.45) is 8.38. The Kier molecular flexibility index (Phi) is 4.77. The number of methoxy groups -OCH3 is 1. The summed E-state index contributed by atoms with van der Waals surface area (Å²) in [4.78, 5) is 0. The minimum absolute atomic E-state index is 0.226. The second kappa shape index (κ2) is 6.80. The molecule has 0 aromatic heterocycles. The molecule has 2 saturated carbocycles. The number of hydrogen-bond acceptors (Lipinski definition) is 4. The SMILES string of the molecule is COc1ccc([C@]2(C#N)CC[C@@H](N)CC2)cc1OC1CCCC1. The Hall–Kier alpha value is -1.73. The molecule has 1 aromatic rings. The second-order valence-electron chi connectivity index (χ2n) is 6.92. The highest BCUT2D eigenvalue weighted by Crippen LogP contribution is 2.42. The smallest absolute Gasteiger partial charge is 0.161 e. The van der Waals surface area contributed by atoms with Crippen molar-refractivity contribution < 1.29 is 9.47 Å². The molecule has 4 heteroatoms. The molecule has 0 heterocycles. The van der Waals surface area contributed by atoms with Gasteiger partial charge in [-0.1, -0.05) is 6.07 Å². The number of nitrogens with two attached hydrogens (primary N) is 1. The fourth-order valence-electron chi connectivity index (χ4n) is 3.85. The van der Waals surface area contributed by atoms with Crippen LogP contribution in [0.15, 0.2) is 18.2 Å². The van der Waals surface area contributed by atoms with Gasteiger partial charge >= 0.3 is 0 Å². The van der Waals surface area contributed by atoms with Crippen molar-refractivity contribution in [3.05, 3.63) is 23.8 Å². The number of nitrogens with zero attached hydrogens (tertiary/aromatic N) is 1. The van der Waals surface area contributed by atoms with Gasteiger partial charge in [0.25, 0.3) is 0 Å². The number of ether oxygens (including phenoxy) is 2. The Labute approximate surface area is 138 Å². The van der Waals surface area contributed by atoms with Gasteiger partial charge in [0.2, 0.25) is 0 Å². The lowest BCUT2D eigenvalue weighted by Gasteiger charge is -2.34. The van der Waals surface area contributed by atoms with Gasteiger partial charge in [0, 0.05) is 6.04 Å². The number of nitriles is 1. The van der Waals surface area contributed by atoms with E-state index < -0.39 is 5.41 Å². The second-order valence-corrected chi connectivity index (χ2v) is 6.92. The lowest BCUT2D eigenvalue weighted by Crippen LogP contribution is -2.36. The Balaban J connectivity index is 1.88. The topological polar surface area (TPSA) is 68.3 Å². The van der Waals surface area contributed by atoms with E-state index in [-0.39, 0.29) is 12.1 Å². The average Bonchev–Trinajstić information content (AvgIpc) is 3.09. The maximum Gasteiger partial charge on any atom is 0.161 e. The van der Waals surface area contributed by atoms with Crippen molar-refractivity contribution >= 4 is 0 Å². The Bertz CT molecular complexity index is 580. The van der Waals surface area contributed by atoms with Crippen molar-refractivity contribution in [3.63, 3.8) is 0 Å². The van der Waals surface area contributed by atoms with Gasteiger partial charge in [0.1, 0.15) is 0 Å². The highest BCUT2D eigenvalue weighted by molar-refractivity contribution is 5.47. The highest BCUT2D eigenvalue weighted by Gasteiger charge is 2.37. The Morgan fingerprint density at radius 3 is 2.43 bits per heavy atom. The third kappa shape index (κ3) is 3.30. The molecule has 23 heavy (non-hydrogen) atoms. The summed E-state index contributed by atoms with van der Waals surface area (Å²) in [5.74, 6) is 1.53. The lowest BCUT2D eigenvalue weighted by atomic mass is 9.69. The average molecular weight is 314 g/mol. The maximum absolute atomic E-state index is 9.82. The first kappa shape index (κ1) is 16.1. The lowest BCUT2D eigenvalue weighted by molar-refractivity contribution is 0.200. The van der Waals surface area contributed by atoms with Gasteiger partial charge in [-0.15, -0.1) is 0 Å². The molecule has 2 aliphatic carbocycles. The van der Waals surface area contributed by atoms with Crippen LogP contribution in [0.5, 0.6) is 11.5 Å². The van der Waals surface area contributed by atoms with E-state index in [9.17, 15) is 5.26 Å². The van der Waals surface area contributed by atoms with E-state index in [1.54, 1.807) is 7.11 Å². The van der Waals surface area contributed by atoms with Gasteiger partial charge in [-0.3, -0.25) is 0 Å². The number of benzene rings is 1. The third-order valence-corrected chi connectivity index (χ3v) is 5.41. The largest absolute Gasteiger partial charge is 0.493 e. The molecule has 0 bridgehead atoms. The summed E-state index contributed by atoms with van der Waals surface area (Å²) < 4.78 is 11.6. The van der Waals surface area contributed by atoms with Crippen molar-refractivity contribution in [2.24, 2.45) is 5.73 Å². The van der Waals surface area contributed by atoms with Crippen molar-refractivity contribution in [3.8, 4) is 17.6 Å². The molecule has 0 amide bonds. The molecule has 0 radical (unpaired) electrons. The van der Waals surface area contributed by atoms with Crippen LogP contribution in [0, 0.1) is 11.3 Å². The van der Waals surface area contributed by atoms with Gasteiger partial charge in [-0.25, -0.2) is 0 Å². The molecular weight excluding hydrogens is 288 g/mol. The normalized spacial score (nSPS) is 28.3. The molecular formula is C19H26N2O2. The van der Waals surface area contributed by atoms with Crippen LogP contribution >= 0.6 is 0 Å². The van der Waals surface area contributed by atoms with Crippen molar-refractivity contribution in [1.29, 1.82) is 5.26 Å². The zero-order valence-electron chi connectivity index (χ0n) is 13.9. The Morgan fingerprint density at radius 1 is 1.13 bits per heavy atom. The van der Waals surface area contributed by atoms with E-state index >= 15 is 0 Å². The zero-order valence-corrected chi connectivity index (χ0v) is 13.9. The molecule has 2 aliphatic rings. The van der Waals surface area contributed by atoms with Gasteiger partial charge in [0.05, 0.1) is 24.7 Å². The predicted octanol–water partition coefficient (Wildman–Crippen LogP) is 3.68. The van der Waals surface area contributed by atoms with Crippen LogP contribution in [-0.2, 0) is 5.41 Å². The molecule has 0 aliphatic heterocycles. The van der Waals surface area contributed by atoms with Gasteiger partial charge in [-0.2, -0.15) is 5.26 Å². The van der Waals surface area contributed by atoms with Crippen LogP contribution in [0.1, 0.15) is 56.9 Å². The molecule has 124 valence electrons. The van der Waals surface area contributed by atoms with Crippen molar-refractivity contribution in [2.75, 3.05) is 7.11 Å². The van der Waals surface area contributed by atoms with E-state index in [1.807, 2.05) is 18.2 Å². The molecule has 2 N–H and O–H groups in total. The molecule has 4 nitrogen and oxygen atoms in total. The van der Waals surface area contributed by atoms with Crippen LogP contribution < -0.4 is 15.2 Å². The summed E-state index contributed by atoms with van der Waals surface area (Å²) in [7, 11) is 1.66. The summed E-state index contributed by atoms with van der Waals surface area (Å²) >= 11 is 0. The van der Waals surface area contributed by atoms with Crippen LogP contribution in [0.4, 0.5) is 0 Å². The summed E-state index contributed by atoms with van der Waals surface area (Å²) in [6.45, 7) is 0. The number of rotatable bonds is 4. The zero-order chi connectivity index (χ0) is 16.3. The standard InChI is InChI=1S/C19H26N2O2/c1-22-17-7-6-14(12-18(17)23-16-4-2-3-5-16)19(13-20)10-8-15(21)9-11-19/h6-7,12,15-16H,2-5,8-11,21H2,1H3/t15-,19-. The van der Waals surface area contributed by atoms with Gasteiger partial charge in [0.15, 0.2) is 11.5 Å². The predicted molar refractivity (Wildman–Crippen MR) is 89.6 cm³/mol. The monoisotopic (exact) mass is 314 g/mol. The first-order valence-corrected chi connectivity index (χ1v) is 8.69. The van der Waals surface area contributed by atoms with Gasteiger partial charge < -0.3 is 15.2 Å². The van der Waals surface area contributed by atoms with E-state index in [0.717, 1.165) is 55.6 Å². The van der Waals surface area contributed by atoms with Crippen LogP contribution in [0.25, 0.3) is 0 Å².